The summed E-state index contributed by atoms with van der Waals surface area (Å²) in [7, 11) is 2.29. The summed E-state index contributed by atoms with van der Waals surface area (Å²) in [4.78, 5) is 2.54. The molecule has 0 aromatic carbocycles. The van der Waals surface area contributed by atoms with Gasteiger partial charge in [0.2, 0.25) is 0 Å². The highest BCUT2D eigenvalue weighted by Crippen LogP contribution is 2.24. The van der Waals surface area contributed by atoms with E-state index < -0.39 is 0 Å². The van der Waals surface area contributed by atoms with E-state index in [2.05, 4.69) is 25.8 Å². The largest absolute Gasteiger partial charge is 0.306 e. The molecule has 0 aromatic rings. The molecule has 0 radical (unpaired) electrons. The first-order valence-corrected chi connectivity index (χ1v) is 7.37. The lowest BCUT2D eigenvalue weighted by Crippen LogP contribution is -2.28. The van der Waals surface area contributed by atoms with Crippen molar-refractivity contribution in [3.8, 4) is 0 Å². The molecule has 0 N–H and O–H groups in total. The highest BCUT2D eigenvalue weighted by Gasteiger charge is 2.14. The monoisotopic (exact) mass is 227 g/mol. The molecule has 0 saturated heterocycles. The first-order valence-electron chi connectivity index (χ1n) is 7.37. The number of hydrogen-bond acceptors (Lipinski definition) is 1. The molecule has 1 heteroatoms. The van der Waals surface area contributed by atoms with Crippen molar-refractivity contribution in [3.05, 3.63) is 0 Å². The van der Waals surface area contributed by atoms with Crippen LogP contribution in [0.4, 0.5) is 0 Å². The van der Waals surface area contributed by atoms with E-state index in [1.54, 1.807) is 0 Å². The molecule has 0 amide bonds. The minimum Gasteiger partial charge on any atom is -0.306 e. The maximum absolute atomic E-state index is 2.54. The standard InChI is InChI=1S/C13H27N.C2H6/c1-12(2)9-10-14(3)11-13-7-5-4-6-8-13;1-2/h12-13H,4-11H2,1-3H3;1-2H3. The van der Waals surface area contributed by atoms with Crippen LogP contribution in [0.5, 0.6) is 0 Å². The summed E-state index contributed by atoms with van der Waals surface area (Å²) in [6.45, 7) is 11.3. The van der Waals surface area contributed by atoms with Gasteiger partial charge in [-0.1, -0.05) is 47.0 Å². The zero-order chi connectivity index (χ0) is 12.4. The molecule has 0 spiro atoms. The summed E-state index contributed by atoms with van der Waals surface area (Å²) in [6, 6.07) is 0. The van der Waals surface area contributed by atoms with Gasteiger partial charge in [-0.2, -0.15) is 0 Å². The summed E-state index contributed by atoms with van der Waals surface area (Å²) in [5.74, 6) is 1.85. The molecule has 0 aliphatic heterocycles. The Hall–Kier alpha value is -0.0400. The average molecular weight is 227 g/mol. The predicted octanol–water partition coefficient (Wildman–Crippen LogP) is 4.57. The summed E-state index contributed by atoms with van der Waals surface area (Å²) >= 11 is 0. The molecule has 1 rings (SSSR count). The fourth-order valence-corrected chi connectivity index (χ4v) is 2.38. The minimum absolute atomic E-state index is 0.851. The SMILES string of the molecule is CC.CC(C)CCN(C)CC1CCCCC1. The molecule has 16 heavy (non-hydrogen) atoms. The lowest BCUT2D eigenvalue weighted by Gasteiger charge is -2.27. The second-order valence-electron chi connectivity index (χ2n) is 5.45. The van der Waals surface area contributed by atoms with Crippen LogP contribution in [0.15, 0.2) is 0 Å². The van der Waals surface area contributed by atoms with E-state index in [1.807, 2.05) is 13.8 Å². The summed E-state index contributed by atoms with van der Waals surface area (Å²) in [6.07, 6.45) is 8.73. The third-order valence-corrected chi connectivity index (χ3v) is 3.38. The van der Waals surface area contributed by atoms with Crippen LogP contribution < -0.4 is 0 Å². The highest BCUT2D eigenvalue weighted by atomic mass is 15.1. The van der Waals surface area contributed by atoms with Gasteiger partial charge in [0.15, 0.2) is 0 Å². The molecule has 1 aliphatic rings. The van der Waals surface area contributed by atoms with E-state index in [4.69, 9.17) is 0 Å². The van der Waals surface area contributed by atoms with Crippen LogP contribution in [0.2, 0.25) is 0 Å². The quantitative estimate of drug-likeness (QED) is 0.665. The van der Waals surface area contributed by atoms with Gasteiger partial charge in [-0.15, -0.1) is 0 Å². The first kappa shape index (κ1) is 16.0. The van der Waals surface area contributed by atoms with E-state index in [1.165, 1.54) is 51.6 Å². The Kier molecular flexibility index (Phi) is 10.1. The topological polar surface area (TPSA) is 3.24 Å². The van der Waals surface area contributed by atoms with Crippen LogP contribution >= 0.6 is 0 Å². The third-order valence-electron chi connectivity index (χ3n) is 3.38. The van der Waals surface area contributed by atoms with Gasteiger partial charge in [-0.05, 0) is 44.7 Å². The molecule has 1 nitrogen and oxygen atoms in total. The van der Waals surface area contributed by atoms with Gasteiger partial charge in [-0.25, -0.2) is 0 Å². The highest BCUT2D eigenvalue weighted by molar-refractivity contribution is 4.69. The van der Waals surface area contributed by atoms with Crippen molar-refractivity contribution >= 4 is 0 Å². The molecular formula is C15H33N. The molecule has 1 saturated carbocycles. The van der Waals surface area contributed by atoms with E-state index in [9.17, 15) is 0 Å². The number of rotatable bonds is 5. The van der Waals surface area contributed by atoms with Crippen LogP contribution in [0.3, 0.4) is 0 Å². The zero-order valence-electron chi connectivity index (χ0n) is 12.3. The van der Waals surface area contributed by atoms with Crippen molar-refractivity contribution in [2.45, 2.75) is 66.2 Å². The van der Waals surface area contributed by atoms with Crippen molar-refractivity contribution in [1.29, 1.82) is 0 Å². The third kappa shape index (κ3) is 8.15. The Morgan fingerprint density at radius 3 is 2.12 bits per heavy atom. The zero-order valence-corrected chi connectivity index (χ0v) is 12.3. The van der Waals surface area contributed by atoms with E-state index >= 15 is 0 Å². The maximum atomic E-state index is 2.54. The van der Waals surface area contributed by atoms with Crippen LogP contribution in [0.1, 0.15) is 66.2 Å². The summed E-state index contributed by atoms with van der Waals surface area (Å²) in [5, 5.41) is 0. The van der Waals surface area contributed by atoms with E-state index in [-0.39, 0.29) is 0 Å². The van der Waals surface area contributed by atoms with E-state index in [0.29, 0.717) is 0 Å². The summed E-state index contributed by atoms with van der Waals surface area (Å²) < 4.78 is 0. The molecule has 0 heterocycles. The first-order chi connectivity index (χ1) is 7.68. The van der Waals surface area contributed by atoms with Gasteiger partial charge in [0.05, 0.1) is 0 Å². The van der Waals surface area contributed by atoms with Gasteiger partial charge < -0.3 is 4.90 Å². The van der Waals surface area contributed by atoms with Crippen molar-refractivity contribution < 1.29 is 0 Å². The molecular weight excluding hydrogens is 194 g/mol. The van der Waals surface area contributed by atoms with Crippen molar-refractivity contribution in [3.63, 3.8) is 0 Å². The van der Waals surface area contributed by atoms with Crippen molar-refractivity contribution in [1.82, 2.24) is 4.90 Å². The van der Waals surface area contributed by atoms with Gasteiger partial charge in [0, 0.05) is 6.54 Å². The van der Waals surface area contributed by atoms with Crippen LogP contribution in [0, 0.1) is 11.8 Å². The Morgan fingerprint density at radius 1 is 1.06 bits per heavy atom. The normalized spacial score (nSPS) is 17.4. The summed E-state index contributed by atoms with van der Waals surface area (Å²) in [5.41, 5.74) is 0. The van der Waals surface area contributed by atoms with Gasteiger partial charge in [0.1, 0.15) is 0 Å². The Balaban J connectivity index is 0.00000106. The number of nitrogens with zero attached hydrogens (tertiary/aromatic N) is 1. The average Bonchev–Trinajstić information content (AvgIpc) is 2.30. The van der Waals surface area contributed by atoms with Crippen LogP contribution in [-0.2, 0) is 0 Å². The van der Waals surface area contributed by atoms with E-state index in [0.717, 1.165) is 11.8 Å². The second kappa shape index (κ2) is 10.1. The Bertz CT molecular complexity index is 136. The molecule has 1 fully saturated rings. The molecule has 0 bridgehead atoms. The lowest BCUT2D eigenvalue weighted by atomic mass is 9.89. The van der Waals surface area contributed by atoms with Crippen molar-refractivity contribution in [2.24, 2.45) is 11.8 Å². The number of hydrogen-bond donors (Lipinski definition) is 0. The minimum atomic E-state index is 0.851. The van der Waals surface area contributed by atoms with Gasteiger partial charge in [-0.3, -0.25) is 0 Å². The Labute approximate surface area is 104 Å². The smallest absolute Gasteiger partial charge is 0.000661 e. The van der Waals surface area contributed by atoms with Gasteiger partial charge >= 0.3 is 0 Å². The molecule has 1 aliphatic carbocycles. The lowest BCUT2D eigenvalue weighted by molar-refractivity contribution is 0.225. The van der Waals surface area contributed by atoms with Crippen LogP contribution in [0.25, 0.3) is 0 Å². The fraction of sp³-hybridized carbons (Fsp3) is 1.00. The predicted molar refractivity (Wildman–Crippen MR) is 74.9 cm³/mol. The van der Waals surface area contributed by atoms with Crippen LogP contribution in [-0.4, -0.2) is 25.0 Å². The van der Waals surface area contributed by atoms with Crippen molar-refractivity contribution in [2.75, 3.05) is 20.1 Å². The molecule has 0 aromatic heterocycles. The van der Waals surface area contributed by atoms with Gasteiger partial charge in [0.25, 0.3) is 0 Å². The fourth-order valence-electron chi connectivity index (χ4n) is 2.38. The second-order valence-corrected chi connectivity index (χ2v) is 5.45. The molecule has 0 atom stereocenters. The Morgan fingerprint density at radius 2 is 1.62 bits per heavy atom. The molecule has 0 unspecified atom stereocenters. The maximum Gasteiger partial charge on any atom is 0.000661 e. The molecule has 98 valence electrons.